The quantitative estimate of drug-likeness (QED) is 0.812. The molecule has 3 rings (SSSR count). The van der Waals surface area contributed by atoms with Crippen LogP contribution in [0, 0.1) is 0 Å². The number of sulfonamides is 1. The fourth-order valence-corrected chi connectivity index (χ4v) is 4.01. The Kier molecular flexibility index (Phi) is 5.10. The van der Waals surface area contributed by atoms with Crippen LogP contribution in [-0.4, -0.2) is 46.1 Å². The van der Waals surface area contributed by atoms with Gasteiger partial charge in [-0.25, -0.2) is 13.1 Å². The van der Waals surface area contributed by atoms with Crippen LogP contribution in [0.25, 0.3) is 0 Å². The van der Waals surface area contributed by atoms with E-state index in [0.29, 0.717) is 17.2 Å². The number of rotatable bonds is 6. The van der Waals surface area contributed by atoms with E-state index in [1.54, 1.807) is 24.3 Å². The summed E-state index contributed by atoms with van der Waals surface area (Å²) in [4.78, 5) is 17.8. The van der Waals surface area contributed by atoms with Gasteiger partial charge in [-0.3, -0.25) is 9.78 Å². The first-order chi connectivity index (χ1) is 12.4. The number of pyridine rings is 1. The van der Waals surface area contributed by atoms with Gasteiger partial charge in [0, 0.05) is 43.2 Å². The van der Waals surface area contributed by atoms with Gasteiger partial charge in [0.1, 0.15) is 4.90 Å². The number of ether oxygens (including phenoxy) is 2. The van der Waals surface area contributed by atoms with Crippen LogP contribution >= 0.6 is 0 Å². The minimum absolute atomic E-state index is 0.0667. The van der Waals surface area contributed by atoms with Crippen molar-refractivity contribution in [3.05, 3.63) is 42.7 Å². The second-order valence-corrected chi connectivity index (χ2v) is 7.47. The maximum Gasteiger partial charge on any atom is 0.242 e. The highest BCUT2D eigenvalue weighted by molar-refractivity contribution is 7.89. The lowest BCUT2D eigenvalue weighted by atomic mass is 10.2. The zero-order valence-electron chi connectivity index (χ0n) is 14.4. The second kappa shape index (κ2) is 7.30. The lowest BCUT2D eigenvalue weighted by molar-refractivity contribution is -0.117. The van der Waals surface area contributed by atoms with Crippen molar-refractivity contribution in [3.8, 4) is 11.5 Å². The molecule has 9 heteroatoms. The molecule has 0 saturated carbocycles. The Hall–Kier alpha value is -2.65. The van der Waals surface area contributed by atoms with Gasteiger partial charge in [-0.1, -0.05) is 0 Å². The molecule has 1 fully saturated rings. The zero-order valence-corrected chi connectivity index (χ0v) is 15.2. The molecule has 1 N–H and O–H groups in total. The number of methoxy groups -OCH3 is 2. The van der Waals surface area contributed by atoms with Crippen LogP contribution < -0.4 is 19.1 Å². The van der Waals surface area contributed by atoms with E-state index in [4.69, 9.17) is 9.47 Å². The van der Waals surface area contributed by atoms with Gasteiger partial charge in [0.2, 0.25) is 15.9 Å². The number of carbonyl (C=O) groups excluding carboxylic acids is 1. The standard InChI is InChI=1S/C17H19N3O5S/c1-24-15-6-5-13(9-16(15)25-2)20-11-12(8-17(20)21)19-26(22,23)14-4-3-7-18-10-14/h3-7,9-10,12,19H,8,11H2,1-2H3/t12-/m0/s1. The Morgan fingerprint density at radius 1 is 1.19 bits per heavy atom. The second-order valence-electron chi connectivity index (χ2n) is 5.75. The van der Waals surface area contributed by atoms with Crippen molar-refractivity contribution in [2.45, 2.75) is 17.4 Å². The summed E-state index contributed by atoms with van der Waals surface area (Å²) in [7, 11) is -0.691. The highest BCUT2D eigenvalue weighted by Crippen LogP contribution is 2.33. The van der Waals surface area contributed by atoms with Gasteiger partial charge in [-0.15, -0.1) is 0 Å². The molecule has 1 aromatic heterocycles. The fourth-order valence-electron chi connectivity index (χ4n) is 2.82. The van der Waals surface area contributed by atoms with E-state index in [1.807, 2.05) is 0 Å². The van der Waals surface area contributed by atoms with E-state index < -0.39 is 16.1 Å². The summed E-state index contributed by atoms with van der Waals surface area (Å²) in [6.07, 6.45) is 2.84. The van der Waals surface area contributed by atoms with Crippen molar-refractivity contribution in [1.82, 2.24) is 9.71 Å². The number of hydrogen-bond acceptors (Lipinski definition) is 6. The smallest absolute Gasteiger partial charge is 0.242 e. The van der Waals surface area contributed by atoms with E-state index in [0.717, 1.165) is 0 Å². The van der Waals surface area contributed by atoms with Crippen LogP contribution in [0.4, 0.5) is 5.69 Å². The molecular formula is C17H19N3O5S. The van der Waals surface area contributed by atoms with Crippen molar-refractivity contribution in [2.24, 2.45) is 0 Å². The minimum atomic E-state index is -3.73. The average Bonchev–Trinajstić information content (AvgIpc) is 3.01. The molecule has 2 heterocycles. The van der Waals surface area contributed by atoms with Crippen LogP contribution in [0.5, 0.6) is 11.5 Å². The molecule has 1 aromatic carbocycles. The predicted octanol–water partition coefficient (Wildman–Crippen LogP) is 1.18. The fraction of sp³-hybridized carbons (Fsp3) is 0.294. The number of nitrogens with one attached hydrogen (secondary N) is 1. The third-order valence-electron chi connectivity index (χ3n) is 4.07. The summed E-state index contributed by atoms with van der Waals surface area (Å²) in [5.41, 5.74) is 0.621. The number of benzene rings is 1. The van der Waals surface area contributed by atoms with Crippen LogP contribution in [-0.2, 0) is 14.8 Å². The molecule has 0 spiro atoms. The Balaban J connectivity index is 1.77. The molecule has 8 nitrogen and oxygen atoms in total. The molecule has 0 radical (unpaired) electrons. The summed E-state index contributed by atoms with van der Waals surface area (Å²) in [5, 5.41) is 0. The molecule has 1 atom stereocenters. The normalized spacial score (nSPS) is 17.4. The van der Waals surface area contributed by atoms with Gasteiger partial charge in [-0.2, -0.15) is 0 Å². The summed E-state index contributed by atoms with van der Waals surface area (Å²) in [5.74, 6) is 0.880. The molecule has 0 aliphatic carbocycles. The van der Waals surface area contributed by atoms with Crippen molar-refractivity contribution >= 4 is 21.6 Å². The van der Waals surface area contributed by atoms with Crippen molar-refractivity contribution in [3.63, 3.8) is 0 Å². The maximum absolute atomic E-state index is 12.4. The topological polar surface area (TPSA) is 97.8 Å². The lowest BCUT2D eigenvalue weighted by Gasteiger charge is -2.19. The van der Waals surface area contributed by atoms with Crippen LogP contribution in [0.2, 0.25) is 0 Å². The summed E-state index contributed by atoms with van der Waals surface area (Å²) >= 11 is 0. The van der Waals surface area contributed by atoms with Gasteiger partial charge in [0.15, 0.2) is 11.5 Å². The highest BCUT2D eigenvalue weighted by atomic mass is 32.2. The molecule has 0 bridgehead atoms. The van der Waals surface area contributed by atoms with E-state index in [-0.39, 0.29) is 23.8 Å². The molecule has 1 aliphatic rings. The summed E-state index contributed by atoms with van der Waals surface area (Å²) < 4.78 is 37.8. The van der Waals surface area contributed by atoms with Gasteiger partial charge in [0.25, 0.3) is 0 Å². The molecule has 1 amide bonds. The first-order valence-corrected chi connectivity index (χ1v) is 9.37. The Morgan fingerprint density at radius 3 is 2.62 bits per heavy atom. The Morgan fingerprint density at radius 2 is 1.96 bits per heavy atom. The number of aromatic nitrogens is 1. The summed E-state index contributed by atoms with van der Waals surface area (Å²) in [6.45, 7) is 0.230. The largest absolute Gasteiger partial charge is 0.493 e. The van der Waals surface area contributed by atoms with Crippen LogP contribution in [0.15, 0.2) is 47.6 Å². The Labute approximate surface area is 151 Å². The SMILES string of the molecule is COc1ccc(N2C[C@@H](NS(=O)(=O)c3cccnc3)CC2=O)cc1OC. The lowest BCUT2D eigenvalue weighted by Crippen LogP contribution is -2.37. The summed E-state index contributed by atoms with van der Waals surface area (Å²) in [6, 6.07) is 7.60. The molecular weight excluding hydrogens is 358 g/mol. The number of nitrogens with zero attached hydrogens (tertiary/aromatic N) is 2. The number of amides is 1. The van der Waals surface area contributed by atoms with Crippen molar-refractivity contribution < 1.29 is 22.7 Å². The van der Waals surface area contributed by atoms with E-state index in [9.17, 15) is 13.2 Å². The van der Waals surface area contributed by atoms with Gasteiger partial charge in [-0.05, 0) is 24.3 Å². The van der Waals surface area contributed by atoms with Gasteiger partial charge >= 0.3 is 0 Å². The molecule has 0 unspecified atom stereocenters. The monoisotopic (exact) mass is 377 g/mol. The average molecular weight is 377 g/mol. The zero-order chi connectivity index (χ0) is 18.7. The third kappa shape index (κ3) is 3.63. The molecule has 26 heavy (non-hydrogen) atoms. The van der Waals surface area contributed by atoms with E-state index in [2.05, 4.69) is 9.71 Å². The molecule has 138 valence electrons. The number of hydrogen-bond donors (Lipinski definition) is 1. The van der Waals surface area contributed by atoms with Crippen LogP contribution in [0.1, 0.15) is 6.42 Å². The number of carbonyl (C=O) groups is 1. The first-order valence-electron chi connectivity index (χ1n) is 7.89. The van der Waals surface area contributed by atoms with E-state index in [1.165, 1.54) is 37.6 Å². The van der Waals surface area contributed by atoms with E-state index >= 15 is 0 Å². The molecule has 1 aliphatic heterocycles. The third-order valence-corrected chi connectivity index (χ3v) is 5.58. The van der Waals surface area contributed by atoms with Crippen LogP contribution in [0.3, 0.4) is 0 Å². The molecule has 2 aromatic rings. The molecule has 1 saturated heterocycles. The van der Waals surface area contributed by atoms with Crippen molar-refractivity contribution in [2.75, 3.05) is 25.7 Å². The van der Waals surface area contributed by atoms with Gasteiger partial charge < -0.3 is 14.4 Å². The van der Waals surface area contributed by atoms with Gasteiger partial charge in [0.05, 0.1) is 14.2 Å². The predicted molar refractivity (Wildman–Crippen MR) is 94.9 cm³/mol. The van der Waals surface area contributed by atoms with Crippen molar-refractivity contribution in [1.29, 1.82) is 0 Å². The highest BCUT2D eigenvalue weighted by Gasteiger charge is 2.34. The Bertz CT molecular complexity index is 902. The minimum Gasteiger partial charge on any atom is -0.493 e. The number of anilines is 1. The maximum atomic E-state index is 12.4. The first kappa shape index (κ1) is 18.2.